The van der Waals surface area contributed by atoms with Crippen LogP contribution in [0.3, 0.4) is 0 Å². The van der Waals surface area contributed by atoms with Crippen LogP contribution in [-0.2, 0) is 0 Å². The van der Waals surface area contributed by atoms with Gasteiger partial charge in [0.2, 0.25) is 0 Å². The second-order valence-corrected chi connectivity index (χ2v) is 4.32. The predicted octanol–water partition coefficient (Wildman–Crippen LogP) is 3.76. The fourth-order valence-corrected chi connectivity index (χ4v) is 1.70. The number of rotatable bonds is 3. The number of hydrogen-bond acceptors (Lipinski definition) is 2. The standard InChI is InChI=1S/C16H16N2/c1-13-5-3-7-15(9-13)11-17-18-12-16-8-4-6-14(2)10-16/h3-12H,1-2H3/b17-11-,18-12-. The Morgan fingerprint density at radius 3 is 1.56 bits per heavy atom. The van der Waals surface area contributed by atoms with E-state index in [0.29, 0.717) is 0 Å². The van der Waals surface area contributed by atoms with E-state index in [0.717, 1.165) is 11.1 Å². The molecule has 0 bridgehead atoms. The van der Waals surface area contributed by atoms with Gasteiger partial charge in [-0.3, -0.25) is 0 Å². The van der Waals surface area contributed by atoms with E-state index in [1.165, 1.54) is 11.1 Å². The molecule has 0 heterocycles. The summed E-state index contributed by atoms with van der Waals surface area (Å²) < 4.78 is 0. The van der Waals surface area contributed by atoms with E-state index in [1.807, 2.05) is 24.3 Å². The molecule has 2 nitrogen and oxygen atoms in total. The SMILES string of the molecule is Cc1cccc(/C=N\N=C/c2cccc(C)c2)c1. The Labute approximate surface area is 108 Å². The molecular weight excluding hydrogens is 220 g/mol. The molecule has 2 rings (SSSR count). The van der Waals surface area contributed by atoms with Gasteiger partial charge in [0.1, 0.15) is 0 Å². The van der Waals surface area contributed by atoms with Crippen molar-refractivity contribution in [1.29, 1.82) is 0 Å². The smallest absolute Gasteiger partial charge is 0.0568 e. The Morgan fingerprint density at radius 1 is 0.722 bits per heavy atom. The Bertz CT molecular complexity index is 530. The normalized spacial score (nSPS) is 11.4. The molecule has 0 aliphatic heterocycles. The average Bonchev–Trinajstić information content (AvgIpc) is 2.35. The maximum Gasteiger partial charge on any atom is 0.0568 e. The molecule has 0 aromatic heterocycles. The molecule has 0 saturated carbocycles. The molecular formula is C16H16N2. The predicted molar refractivity (Wildman–Crippen MR) is 77.5 cm³/mol. The van der Waals surface area contributed by atoms with Crippen LogP contribution in [0, 0.1) is 13.8 Å². The van der Waals surface area contributed by atoms with Crippen LogP contribution in [0.25, 0.3) is 0 Å². The molecule has 2 aromatic rings. The fraction of sp³-hybridized carbons (Fsp3) is 0.125. The molecule has 0 fully saturated rings. The largest absolute Gasteiger partial charge is 0.159 e. The maximum absolute atomic E-state index is 4.05. The summed E-state index contributed by atoms with van der Waals surface area (Å²) in [6.07, 6.45) is 3.53. The van der Waals surface area contributed by atoms with Crippen molar-refractivity contribution in [3.8, 4) is 0 Å². The third kappa shape index (κ3) is 3.67. The van der Waals surface area contributed by atoms with Crippen LogP contribution in [0.4, 0.5) is 0 Å². The molecule has 0 unspecified atom stereocenters. The fourth-order valence-electron chi connectivity index (χ4n) is 1.70. The van der Waals surface area contributed by atoms with Crippen LogP contribution >= 0.6 is 0 Å². The van der Waals surface area contributed by atoms with Crippen molar-refractivity contribution in [3.63, 3.8) is 0 Å². The summed E-state index contributed by atoms with van der Waals surface area (Å²) in [7, 11) is 0. The minimum atomic E-state index is 1.07. The summed E-state index contributed by atoms with van der Waals surface area (Å²) in [6.45, 7) is 4.13. The zero-order valence-corrected chi connectivity index (χ0v) is 10.7. The summed E-state index contributed by atoms with van der Waals surface area (Å²) in [4.78, 5) is 0. The van der Waals surface area contributed by atoms with E-state index in [1.54, 1.807) is 12.4 Å². The monoisotopic (exact) mass is 236 g/mol. The number of benzene rings is 2. The summed E-state index contributed by atoms with van der Waals surface area (Å²) >= 11 is 0. The van der Waals surface area contributed by atoms with Crippen LogP contribution in [0.15, 0.2) is 58.7 Å². The highest BCUT2D eigenvalue weighted by molar-refractivity contribution is 5.82. The Morgan fingerprint density at radius 2 is 1.17 bits per heavy atom. The zero-order valence-electron chi connectivity index (χ0n) is 10.7. The number of hydrogen-bond donors (Lipinski definition) is 0. The Kier molecular flexibility index (Phi) is 4.02. The molecule has 0 aliphatic carbocycles. The topological polar surface area (TPSA) is 24.7 Å². The molecule has 0 N–H and O–H groups in total. The van der Waals surface area contributed by atoms with Crippen molar-refractivity contribution in [3.05, 3.63) is 70.8 Å². The summed E-state index contributed by atoms with van der Waals surface area (Å²) in [5.74, 6) is 0. The van der Waals surface area contributed by atoms with E-state index in [2.05, 4.69) is 48.3 Å². The molecule has 0 atom stereocenters. The van der Waals surface area contributed by atoms with Gasteiger partial charge >= 0.3 is 0 Å². The van der Waals surface area contributed by atoms with Crippen molar-refractivity contribution in [1.82, 2.24) is 0 Å². The molecule has 0 radical (unpaired) electrons. The van der Waals surface area contributed by atoms with E-state index < -0.39 is 0 Å². The number of nitrogens with zero attached hydrogens (tertiary/aromatic N) is 2. The third-order valence-corrected chi connectivity index (χ3v) is 2.56. The van der Waals surface area contributed by atoms with Gasteiger partial charge in [-0.2, -0.15) is 10.2 Å². The first-order valence-electron chi connectivity index (χ1n) is 5.94. The minimum Gasteiger partial charge on any atom is -0.159 e. The number of aryl methyl sites for hydroxylation is 2. The first-order valence-corrected chi connectivity index (χ1v) is 5.94. The molecule has 0 spiro atoms. The lowest BCUT2D eigenvalue weighted by atomic mass is 10.1. The van der Waals surface area contributed by atoms with Gasteiger partial charge in [-0.1, -0.05) is 59.7 Å². The van der Waals surface area contributed by atoms with Crippen molar-refractivity contribution >= 4 is 12.4 Å². The maximum atomic E-state index is 4.05. The van der Waals surface area contributed by atoms with Crippen molar-refractivity contribution in [2.45, 2.75) is 13.8 Å². The van der Waals surface area contributed by atoms with Crippen molar-refractivity contribution < 1.29 is 0 Å². The Balaban J connectivity index is 2.03. The highest BCUT2D eigenvalue weighted by Gasteiger charge is 1.88. The lowest BCUT2D eigenvalue weighted by molar-refractivity contribution is 1.26. The molecule has 18 heavy (non-hydrogen) atoms. The van der Waals surface area contributed by atoms with Gasteiger partial charge in [0.25, 0.3) is 0 Å². The molecule has 2 heteroatoms. The first kappa shape index (κ1) is 12.2. The highest BCUT2D eigenvalue weighted by Crippen LogP contribution is 2.02. The second-order valence-electron chi connectivity index (χ2n) is 4.32. The van der Waals surface area contributed by atoms with Crippen LogP contribution in [0.5, 0.6) is 0 Å². The van der Waals surface area contributed by atoms with E-state index in [-0.39, 0.29) is 0 Å². The second kappa shape index (κ2) is 5.92. The van der Waals surface area contributed by atoms with Gasteiger partial charge in [-0.05, 0) is 25.0 Å². The quantitative estimate of drug-likeness (QED) is 0.572. The third-order valence-electron chi connectivity index (χ3n) is 2.56. The van der Waals surface area contributed by atoms with Crippen molar-refractivity contribution in [2.24, 2.45) is 10.2 Å². The van der Waals surface area contributed by atoms with E-state index >= 15 is 0 Å². The van der Waals surface area contributed by atoms with Gasteiger partial charge in [0.15, 0.2) is 0 Å². The van der Waals surface area contributed by atoms with Gasteiger partial charge in [-0.25, -0.2) is 0 Å². The molecule has 90 valence electrons. The highest BCUT2D eigenvalue weighted by atomic mass is 15.2. The van der Waals surface area contributed by atoms with Gasteiger partial charge in [0.05, 0.1) is 12.4 Å². The molecule has 0 amide bonds. The average molecular weight is 236 g/mol. The van der Waals surface area contributed by atoms with Crippen molar-refractivity contribution in [2.75, 3.05) is 0 Å². The van der Waals surface area contributed by atoms with Crippen LogP contribution < -0.4 is 0 Å². The molecule has 0 saturated heterocycles. The molecule has 0 aliphatic rings. The lowest BCUT2D eigenvalue weighted by Gasteiger charge is -1.94. The van der Waals surface area contributed by atoms with Crippen LogP contribution in [0.2, 0.25) is 0 Å². The van der Waals surface area contributed by atoms with Gasteiger partial charge in [-0.15, -0.1) is 0 Å². The summed E-state index contributed by atoms with van der Waals surface area (Å²) in [5, 5.41) is 8.10. The summed E-state index contributed by atoms with van der Waals surface area (Å²) in [5.41, 5.74) is 4.58. The Hall–Kier alpha value is -2.22. The van der Waals surface area contributed by atoms with E-state index in [4.69, 9.17) is 0 Å². The zero-order chi connectivity index (χ0) is 12.8. The summed E-state index contributed by atoms with van der Waals surface area (Å²) in [6, 6.07) is 16.3. The van der Waals surface area contributed by atoms with E-state index in [9.17, 15) is 0 Å². The van der Waals surface area contributed by atoms with Gasteiger partial charge < -0.3 is 0 Å². The van der Waals surface area contributed by atoms with Gasteiger partial charge in [0, 0.05) is 0 Å². The minimum absolute atomic E-state index is 1.07. The molecule has 2 aromatic carbocycles. The van der Waals surface area contributed by atoms with Crippen LogP contribution in [-0.4, -0.2) is 12.4 Å². The lowest BCUT2D eigenvalue weighted by Crippen LogP contribution is -1.83. The van der Waals surface area contributed by atoms with Crippen LogP contribution in [0.1, 0.15) is 22.3 Å². The first-order chi connectivity index (χ1) is 8.74.